The van der Waals surface area contributed by atoms with Gasteiger partial charge in [0, 0.05) is 12.6 Å². The molecule has 1 atom stereocenters. The zero-order valence-electron chi connectivity index (χ0n) is 9.83. The minimum absolute atomic E-state index is 0.455. The quantitative estimate of drug-likeness (QED) is 0.783. The van der Waals surface area contributed by atoms with Gasteiger partial charge in [-0.05, 0) is 42.5 Å². The molecule has 86 valence electrons. The average molecular weight is 217 g/mol. The molecule has 0 heterocycles. The highest BCUT2D eigenvalue weighted by Crippen LogP contribution is 2.32. The van der Waals surface area contributed by atoms with Crippen LogP contribution in [0.25, 0.3) is 0 Å². The van der Waals surface area contributed by atoms with Crippen LogP contribution >= 0.6 is 0 Å². The fourth-order valence-corrected chi connectivity index (χ4v) is 2.34. The van der Waals surface area contributed by atoms with Crippen LogP contribution in [0.1, 0.15) is 30.0 Å². The van der Waals surface area contributed by atoms with Gasteiger partial charge in [0.25, 0.3) is 0 Å². The minimum atomic E-state index is 0.455. The molecule has 0 aliphatic heterocycles. The molecule has 0 aromatic heterocycles. The molecule has 2 rings (SSSR count). The maximum Gasteiger partial charge on any atom is 0.119 e. The van der Waals surface area contributed by atoms with Crippen LogP contribution in [0, 0.1) is 0 Å². The molecule has 0 saturated heterocycles. The monoisotopic (exact) mass is 217 g/mol. The normalized spacial score (nSPS) is 18.9. The number of hydrogen-bond acceptors (Lipinski definition) is 2. The van der Waals surface area contributed by atoms with Crippen molar-refractivity contribution >= 4 is 0 Å². The number of rotatable bonds is 4. The van der Waals surface area contributed by atoms with Gasteiger partial charge in [-0.3, -0.25) is 0 Å². The molecule has 16 heavy (non-hydrogen) atoms. The smallest absolute Gasteiger partial charge is 0.119 e. The van der Waals surface area contributed by atoms with Crippen LogP contribution in [-0.2, 0) is 6.42 Å². The van der Waals surface area contributed by atoms with E-state index in [1.54, 1.807) is 7.11 Å². The van der Waals surface area contributed by atoms with E-state index in [4.69, 9.17) is 4.74 Å². The van der Waals surface area contributed by atoms with Crippen molar-refractivity contribution in [2.45, 2.75) is 25.3 Å². The molecular formula is C14H19NO. The molecule has 1 aromatic carbocycles. The zero-order valence-corrected chi connectivity index (χ0v) is 9.83. The lowest BCUT2D eigenvalue weighted by molar-refractivity contribution is 0.410. The fourth-order valence-electron chi connectivity index (χ4n) is 2.34. The summed E-state index contributed by atoms with van der Waals surface area (Å²) in [4.78, 5) is 0. The topological polar surface area (TPSA) is 21.3 Å². The van der Waals surface area contributed by atoms with Gasteiger partial charge in [0.2, 0.25) is 0 Å². The van der Waals surface area contributed by atoms with Gasteiger partial charge in [0.15, 0.2) is 0 Å². The van der Waals surface area contributed by atoms with E-state index in [-0.39, 0.29) is 0 Å². The van der Waals surface area contributed by atoms with Crippen LogP contribution in [0.5, 0.6) is 5.75 Å². The Morgan fingerprint density at radius 3 is 3.19 bits per heavy atom. The highest BCUT2D eigenvalue weighted by atomic mass is 16.5. The summed E-state index contributed by atoms with van der Waals surface area (Å²) in [6, 6.07) is 6.86. The van der Waals surface area contributed by atoms with E-state index >= 15 is 0 Å². The molecule has 1 unspecified atom stereocenters. The van der Waals surface area contributed by atoms with Gasteiger partial charge in [-0.1, -0.05) is 12.1 Å². The summed E-state index contributed by atoms with van der Waals surface area (Å²) in [5.41, 5.74) is 2.85. The van der Waals surface area contributed by atoms with Crippen molar-refractivity contribution in [3.05, 3.63) is 42.0 Å². The predicted octanol–water partition coefficient (Wildman–Crippen LogP) is 2.85. The maximum atomic E-state index is 5.29. The molecule has 0 amide bonds. The number of hydrogen-bond donors (Lipinski definition) is 1. The van der Waals surface area contributed by atoms with Crippen molar-refractivity contribution in [1.29, 1.82) is 0 Å². The van der Waals surface area contributed by atoms with Crippen molar-refractivity contribution in [3.63, 3.8) is 0 Å². The zero-order chi connectivity index (χ0) is 11.4. The Bertz CT molecular complexity index is 373. The number of ether oxygens (including phenoxy) is 1. The number of methoxy groups -OCH3 is 1. The first kappa shape index (κ1) is 11.2. The highest BCUT2D eigenvalue weighted by Gasteiger charge is 2.19. The summed E-state index contributed by atoms with van der Waals surface area (Å²) in [6.07, 6.45) is 5.56. The van der Waals surface area contributed by atoms with E-state index in [0.717, 1.165) is 12.3 Å². The molecule has 0 spiro atoms. The summed E-state index contributed by atoms with van der Waals surface area (Å²) in [5.74, 6) is 0.950. The molecule has 1 aliphatic rings. The lowest BCUT2D eigenvalue weighted by atomic mass is 9.87. The molecule has 2 nitrogen and oxygen atoms in total. The first-order valence-electron chi connectivity index (χ1n) is 5.86. The first-order valence-corrected chi connectivity index (χ1v) is 5.86. The summed E-state index contributed by atoms with van der Waals surface area (Å²) < 4.78 is 5.29. The Hall–Kier alpha value is -1.28. The summed E-state index contributed by atoms with van der Waals surface area (Å²) >= 11 is 0. The molecule has 0 saturated carbocycles. The lowest BCUT2D eigenvalue weighted by Gasteiger charge is -2.26. The van der Waals surface area contributed by atoms with Gasteiger partial charge in [-0.2, -0.15) is 0 Å². The Kier molecular flexibility index (Phi) is 3.62. The van der Waals surface area contributed by atoms with Gasteiger partial charge < -0.3 is 10.1 Å². The van der Waals surface area contributed by atoms with E-state index in [2.05, 4.69) is 30.1 Å². The molecule has 0 bridgehead atoms. The Morgan fingerprint density at radius 2 is 2.44 bits per heavy atom. The van der Waals surface area contributed by atoms with Gasteiger partial charge in [0.05, 0.1) is 7.11 Å². The van der Waals surface area contributed by atoms with Crippen molar-refractivity contribution in [3.8, 4) is 5.75 Å². The molecule has 1 aromatic rings. The number of benzene rings is 1. The van der Waals surface area contributed by atoms with Crippen molar-refractivity contribution in [1.82, 2.24) is 5.32 Å². The number of fused-ring (bicyclic) bond motifs is 1. The van der Waals surface area contributed by atoms with Gasteiger partial charge in [-0.15, -0.1) is 6.58 Å². The third kappa shape index (κ3) is 2.27. The van der Waals surface area contributed by atoms with E-state index in [9.17, 15) is 0 Å². The summed E-state index contributed by atoms with van der Waals surface area (Å²) in [6.45, 7) is 4.61. The van der Waals surface area contributed by atoms with Crippen LogP contribution in [0.4, 0.5) is 0 Å². The van der Waals surface area contributed by atoms with E-state index in [1.807, 2.05) is 6.08 Å². The minimum Gasteiger partial charge on any atom is -0.497 e. The molecule has 1 N–H and O–H groups in total. The first-order chi connectivity index (χ1) is 7.85. The van der Waals surface area contributed by atoms with Crippen LogP contribution in [0.3, 0.4) is 0 Å². The van der Waals surface area contributed by atoms with Crippen LogP contribution in [-0.4, -0.2) is 13.7 Å². The SMILES string of the molecule is C=CCNC1CCCc2ccc(OC)cc21. The largest absolute Gasteiger partial charge is 0.497 e. The summed E-state index contributed by atoms with van der Waals surface area (Å²) in [5, 5.41) is 3.51. The second-order valence-electron chi connectivity index (χ2n) is 4.21. The van der Waals surface area contributed by atoms with Gasteiger partial charge in [-0.25, -0.2) is 0 Å². The predicted molar refractivity (Wildman–Crippen MR) is 66.9 cm³/mol. The third-order valence-corrected chi connectivity index (χ3v) is 3.18. The van der Waals surface area contributed by atoms with Crippen molar-refractivity contribution in [2.24, 2.45) is 0 Å². The molecule has 1 aliphatic carbocycles. The third-order valence-electron chi connectivity index (χ3n) is 3.18. The standard InChI is InChI=1S/C14H19NO/c1-3-9-15-14-6-4-5-11-7-8-12(16-2)10-13(11)14/h3,7-8,10,14-15H,1,4-6,9H2,2H3. The Morgan fingerprint density at radius 1 is 1.56 bits per heavy atom. The lowest BCUT2D eigenvalue weighted by Crippen LogP contribution is -2.25. The van der Waals surface area contributed by atoms with Crippen molar-refractivity contribution < 1.29 is 4.74 Å². The molecular weight excluding hydrogens is 198 g/mol. The number of aryl methyl sites for hydroxylation is 1. The molecule has 0 fully saturated rings. The van der Waals surface area contributed by atoms with Crippen LogP contribution < -0.4 is 10.1 Å². The Labute approximate surface area is 97.3 Å². The number of nitrogens with one attached hydrogen (secondary N) is 1. The van der Waals surface area contributed by atoms with Crippen molar-refractivity contribution in [2.75, 3.05) is 13.7 Å². The maximum absolute atomic E-state index is 5.29. The molecule has 2 heteroatoms. The van der Waals surface area contributed by atoms with Gasteiger partial charge in [0.1, 0.15) is 5.75 Å². The Balaban J connectivity index is 2.24. The summed E-state index contributed by atoms with van der Waals surface area (Å²) in [7, 11) is 1.72. The van der Waals surface area contributed by atoms with Crippen LogP contribution in [0.15, 0.2) is 30.9 Å². The van der Waals surface area contributed by atoms with E-state index < -0.39 is 0 Å². The van der Waals surface area contributed by atoms with Crippen LogP contribution in [0.2, 0.25) is 0 Å². The second-order valence-corrected chi connectivity index (χ2v) is 4.21. The molecule has 0 radical (unpaired) electrons. The second kappa shape index (κ2) is 5.17. The average Bonchev–Trinajstić information content (AvgIpc) is 2.35. The van der Waals surface area contributed by atoms with E-state index in [0.29, 0.717) is 6.04 Å². The van der Waals surface area contributed by atoms with Gasteiger partial charge >= 0.3 is 0 Å². The highest BCUT2D eigenvalue weighted by molar-refractivity contribution is 5.39. The fraction of sp³-hybridized carbons (Fsp3) is 0.429. The van der Waals surface area contributed by atoms with E-state index in [1.165, 1.54) is 30.4 Å².